The maximum absolute atomic E-state index is 11.7. The van der Waals surface area contributed by atoms with Crippen molar-refractivity contribution in [2.45, 2.75) is 44.6 Å². The molecule has 0 bridgehead atoms. The lowest BCUT2D eigenvalue weighted by Crippen LogP contribution is -2.38. The third-order valence-corrected chi connectivity index (χ3v) is 4.27. The first-order valence-electron chi connectivity index (χ1n) is 8.14. The zero-order valence-corrected chi connectivity index (χ0v) is 12.9. The molecular weight excluding hydrogens is 280 g/mol. The zero-order valence-electron chi connectivity index (χ0n) is 12.9. The van der Waals surface area contributed by atoms with Crippen molar-refractivity contribution < 1.29 is 15.0 Å². The number of hydrogen-bond donors (Lipinski definition) is 4. The van der Waals surface area contributed by atoms with Crippen molar-refractivity contribution >= 4 is 6.03 Å². The molecule has 0 heterocycles. The molecule has 1 fully saturated rings. The number of nitrogens with one attached hydrogen (secondary N) is 2. The fourth-order valence-electron chi connectivity index (χ4n) is 2.97. The first-order valence-corrected chi connectivity index (χ1v) is 8.14. The highest BCUT2D eigenvalue weighted by Gasteiger charge is 2.14. The van der Waals surface area contributed by atoms with Gasteiger partial charge in [-0.3, -0.25) is 0 Å². The lowest BCUT2D eigenvalue weighted by atomic mass is 9.87. The van der Waals surface area contributed by atoms with Gasteiger partial charge in [-0.05, 0) is 30.0 Å². The fourth-order valence-corrected chi connectivity index (χ4v) is 2.97. The Bertz CT molecular complexity index is 473. The summed E-state index contributed by atoms with van der Waals surface area (Å²) in [5.41, 5.74) is 0.586. The highest BCUT2D eigenvalue weighted by Crippen LogP contribution is 2.25. The van der Waals surface area contributed by atoms with E-state index in [1.54, 1.807) is 18.2 Å². The molecule has 1 atom stereocenters. The second-order valence-corrected chi connectivity index (χ2v) is 6.04. The van der Waals surface area contributed by atoms with Crippen LogP contribution in [0.2, 0.25) is 0 Å². The Hall–Kier alpha value is -1.75. The highest BCUT2D eigenvalue weighted by atomic mass is 16.3. The van der Waals surface area contributed by atoms with Crippen molar-refractivity contribution in [3.8, 4) is 5.75 Å². The number of carbonyl (C=O) groups excluding carboxylic acids is 1. The van der Waals surface area contributed by atoms with Crippen LogP contribution in [0.1, 0.15) is 50.2 Å². The minimum absolute atomic E-state index is 0.105. The largest absolute Gasteiger partial charge is 0.508 e. The van der Waals surface area contributed by atoms with E-state index >= 15 is 0 Å². The van der Waals surface area contributed by atoms with Crippen LogP contribution in [0.3, 0.4) is 0 Å². The smallest absolute Gasteiger partial charge is 0.314 e. The van der Waals surface area contributed by atoms with Crippen molar-refractivity contribution in [3.63, 3.8) is 0 Å². The van der Waals surface area contributed by atoms with E-state index in [-0.39, 0.29) is 18.3 Å². The summed E-state index contributed by atoms with van der Waals surface area (Å²) in [7, 11) is 0. The normalized spacial score (nSPS) is 17.0. The van der Waals surface area contributed by atoms with E-state index in [4.69, 9.17) is 0 Å². The van der Waals surface area contributed by atoms with Gasteiger partial charge in [0.1, 0.15) is 5.75 Å². The Kier molecular flexibility index (Phi) is 6.52. The fraction of sp³-hybridized carbons (Fsp3) is 0.588. The number of aliphatic hydroxyl groups excluding tert-OH is 1. The van der Waals surface area contributed by atoms with E-state index < -0.39 is 6.10 Å². The van der Waals surface area contributed by atoms with E-state index in [1.807, 2.05) is 0 Å². The van der Waals surface area contributed by atoms with Crippen LogP contribution < -0.4 is 10.6 Å². The lowest BCUT2D eigenvalue weighted by Gasteiger charge is -2.21. The Labute approximate surface area is 131 Å². The monoisotopic (exact) mass is 306 g/mol. The van der Waals surface area contributed by atoms with Crippen molar-refractivity contribution in [2.24, 2.45) is 5.92 Å². The second-order valence-electron chi connectivity index (χ2n) is 6.04. The topological polar surface area (TPSA) is 81.6 Å². The molecule has 5 heteroatoms. The molecule has 0 saturated heterocycles. The van der Waals surface area contributed by atoms with Crippen LogP contribution in [0.5, 0.6) is 5.75 Å². The molecule has 1 aliphatic carbocycles. The van der Waals surface area contributed by atoms with Gasteiger partial charge in [0.25, 0.3) is 0 Å². The minimum atomic E-state index is -0.823. The van der Waals surface area contributed by atoms with Gasteiger partial charge in [0, 0.05) is 13.1 Å². The molecule has 2 rings (SSSR count). The van der Waals surface area contributed by atoms with Crippen LogP contribution in [0.15, 0.2) is 24.3 Å². The molecular formula is C17H26N2O3. The van der Waals surface area contributed by atoms with E-state index in [0.29, 0.717) is 12.1 Å². The number of phenolic OH excluding ortho intramolecular Hbond substituents is 1. The molecule has 5 nitrogen and oxygen atoms in total. The van der Waals surface area contributed by atoms with E-state index in [1.165, 1.54) is 38.2 Å². The van der Waals surface area contributed by atoms with E-state index in [9.17, 15) is 15.0 Å². The molecule has 0 unspecified atom stereocenters. The van der Waals surface area contributed by atoms with E-state index in [0.717, 1.165) is 12.3 Å². The molecule has 22 heavy (non-hydrogen) atoms. The summed E-state index contributed by atoms with van der Waals surface area (Å²) in [5.74, 6) is 0.848. The Morgan fingerprint density at radius 1 is 1.23 bits per heavy atom. The molecule has 122 valence electrons. The summed E-state index contributed by atoms with van der Waals surface area (Å²) in [6.45, 7) is 0.803. The van der Waals surface area contributed by atoms with Crippen LogP contribution in [-0.2, 0) is 0 Å². The number of rotatable bonds is 6. The molecule has 1 aromatic rings. The summed E-state index contributed by atoms with van der Waals surface area (Å²) >= 11 is 0. The number of amides is 2. The number of aromatic hydroxyl groups is 1. The van der Waals surface area contributed by atoms with Crippen molar-refractivity contribution in [1.29, 1.82) is 0 Å². The summed E-state index contributed by atoms with van der Waals surface area (Å²) in [6.07, 6.45) is 6.73. The second kappa shape index (κ2) is 8.63. The average Bonchev–Trinajstić information content (AvgIpc) is 2.53. The van der Waals surface area contributed by atoms with Crippen LogP contribution in [0.25, 0.3) is 0 Å². The van der Waals surface area contributed by atoms with Crippen molar-refractivity contribution in [2.75, 3.05) is 13.1 Å². The molecule has 1 aliphatic rings. The van der Waals surface area contributed by atoms with Gasteiger partial charge in [0.05, 0.1) is 6.10 Å². The molecule has 0 aliphatic heterocycles. The Morgan fingerprint density at radius 2 is 2.00 bits per heavy atom. The Morgan fingerprint density at radius 3 is 2.73 bits per heavy atom. The van der Waals surface area contributed by atoms with E-state index in [2.05, 4.69) is 10.6 Å². The molecule has 0 spiro atoms. The van der Waals surface area contributed by atoms with Gasteiger partial charge in [-0.25, -0.2) is 4.79 Å². The number of carbonyl (C=O) groups is 1. The number of hydrogen-bond acceptors (Lipinski definition) is 3. The standard InChI is InChI=1S/C17H26N2O3/c20-15-8-4-7-14(11-15)16(21)12-19-17(22)18-10-9-13-5-2-1-3-6-13/h4,7-8,11,13,16,20-21H,1-3,5-6,9-10,12H2,(H2,18,19,22)/t16-/m1/s1. The van der Waals surface area contributed by atoms with Gasteiger partial charge in [0.15, 0.2) is 0 Å². The van der Waals surface area contributed by atoms with Gasteiger partial charge in [-0.2, -0.15) is 0 Å². The third-order valence-electron chi connectivity index (χ3n) is 4.27. The molecule has 1 saturated carbocycles. The number of phenols is 1. The van der Waals surface area contributed by atoms with Gasteiger partial charge in [0.2, 0.25) is 0 Å². The number of urea groups is 1. The van der Waals surface area contributed by atoms with Crippen LogP contribution in [-0.4, -0.2) is 29.3 Å². The Balaban J connectivity index is 1.62. The summed E-state index contributed by atoms with van der Waals surface area (Å²) < 4.78 is 0. The molecule has 1 aromatic carbocycles. The molecule has 0 aromatic heterocycles. The summed E-state index contributed by atoms with van der Waals surface area (Å²) in [5, 5.41) is 24.8. The van der Waals surface area contributed by atoms with Gasteiger partial charge in [-0.15, -0.1) is 0 Å². The molecule has 0 radical (unpaired) electrons. The van der Waals surface area contributed by atoms with Crippen LogP contribution in [0, 0.1) is 5.92 Å². The van der Waals surface area contributed by atoms with Gasteiger partial charge >= 0.3 is 6.03 Å². The SMILES string of the molecule is O=C(NCCC1CCCCC1)NC[C@@H](O)c1cccc(O)c1. The van der Waals surface area contributed by atoms with Gasteiger partial charge in [-0.1, -0.05) is 44.2 Å². The highest BCUT2D eigenvalue weighted by molar-refractivity contribution is 5.73. The first kappa shape index (κ1) is 16.6. The van der Waals surface area contributed by atoms with Crippen molar-refractivity contribution in [1.82, 2.24) is 10.6 Å². The van der Waals surface area contributed by atoms with Crippen LogP contribution >= 0.6 is 0 Å². The number of benzene rings is 1. The van der Waals surface area contributed by atoms with Crippen molar-refractivity contribution in [3.05, 3.63) is 29.8 Å². The summed E-state index contributed by atoms with van der Waals surface area (Å²) in [4.78, 5) is 11.7. The minimum Gasteiger partial charge on any atom is -0.508 e. The maximum atomic E-state index is 11.7. The predicted octanol–water partition coefficient (Wildman–Crippen LogP) is 2.70. The number of aliphatic hydroxyl groups is 1. The van der Waals surface area contributed by atoms with Crippen LogP contribution in [0.4, 0.5) is 4.79 Å². The maximum Gasteiger partial charge on any atom is 0.314 e. The molecule has 4 N–H and O–H groups in total. The third kappa shape index (κ3) is 5.56. The molecule has 2 amide bonds. The predicted molar refractivity (Wildman–Crippen MR) is 85.7 cm³/mol. The zero-order chi connectivity index (χ0) is 15.8. The summed E-state index contributed by atoms with van der Waals surface area (Å²) in [6, 6.07) is 6.16. The quantitative estimate of drug-likeness (QED) is 0.652. The first-order chi connectivity index (χ1) is 10.6. The lowest BCUT2D eigenvalue weighted by molar-refractivity contribution is 0.172. The van der Waals surface area contributed by atoms with Gasteiger partial charge < -0.3 is 20.8 Å². The average molecular weight is 306 g/mol.